The first-order chi connectivity index (χ1) is 15.0. The van der Waals surface area contributed by atoms with Gasteiger partial charge in [-0.15, -0.1) is 0 Å². The number of nitriles is 1. The van der Waals surface area contributed by atoms with E-state index in [1.54, 1.807) is 36.3 Å². The zero-order valence-electron chi connectivity index (χ0n) is 16.9. The number of allylic oxidation sites excluding steroid dienone is 3. The summed E-state index contributed by atoms with van der Waals surface area (Å²) < 4.78 is 5.22. The minimum absolute atomic E-state index is 0.0438. The third-order valence-corrected chi connectivity index (χ3v) is 5.66. The number of nitro benzene ring substituents is 1. The van der Waals surface area contributed by atoms with Crippen LogP contribution in [0, 0.1) is 21.4 Å². The lowest BCUT2D eigenvalue weighted by Gasteiger charge is -2.39. The molecule has 0 saturated carbocycles. The van der Waals surface area contributed by atoms with Crippen molar-refractivity contribution in [2.75, 3.05) is 12.0 Å². The van der Waals surface area contributed by atoms with Crippen LogP contribution in [0.1, 0.15) is 30.7 Å². The Morgan fingerprint density at radius 3 is 2.61 bits per heavy atom. The molecule has 0 aromatic heterocycles. The van der Waals surface area contributed by atoms with Crippen LogP contribution in [0.25, 0.3) is 0 Å². The molecule has 1 aliphatic carbocycles. The van der Waals surface area contributed by atoms with Crippen LogP contribution in [-0.4, -0.2) is 17.8 Å². The summed E-state index contributed by atoms with van der Waals surface area (Å²) in [6.07, 6.45) is 1.61. The maximum Gasteiger partial charge on any atom is 0.271 e. The van der Waals surface area contributed by atoms with E-state index in [-0.39, 0.29) is 22.9 Å². The smallest absolute Gasteiger partial charge is 0.271 e. The molecule has 0 radical (unpaired) electrons. The number of nitrogens with zero attached hydrogens (tertiary/aromatic N) is 3. The van der Waals surface area contributed by atoms with Gasteiger partial charge in [0.15, 0.2) is 5.78 Å². The molecular formula is C23H20N4O4. The second-order valence-corrected chi connectivity index (χ2v) is 7.37. The van der Waals surface area contributed by atoms with Crippen molar-refractivity contribution in [3.63, 3.8) is 0 Å². The quantitative estimate of drug-likeness (QED) is 0.592. The van der Waals surface area contributed by atoms with E-state index in [4.69, 9.17) is 10.5 Å². The van der Waals surface area contributed by atoms with Gasteiger partial charge in [-0.25, -0.2) is 0 Å². The average molecular weight is 416 g/mol. The Bertz CT molecular complexity index is 1170. The molecule has 8 nitrogen and oxygen atoms in total. The number of nitro groups is 1. The predicted molar refractivity (Wildman–Crippen MR) is 114 cm³/mol. The van der Waals surface area contributed by atoms with Gasteiger partial charge in [0, 0.05) is 29.8 Å². The molecule has 31 heavy (non-hydrogen) atoms. The van der Waals surface area contributed by atoms with E-state index in [2.05, 4.69) is 6.07 Å². The summed E-state index contributed by atoms with van der Waals surface area (Å²) in [5.41, 5.74) is 9.05. The lowest BCUT2D eigenvalue weighted by Crippen LogP contribution is -2.38. The van der Waals surface area contributed by atoms with Gasteiger partial charge in [-0.1, -0.05) is 18.2 Å². The maximum absolute atomic E-state index is 13.1. The summed E-state index contributed by atoms with van der Waals surface area (Å²) >= 11 is 0. The molecule has 0 bridgehead atoms. The first-order valence-corrected chi connectivity index (χ1v) is 9.80. The molecule has 1 heterocycles. The molecule has 4 rings (SSSR count). The molecule has 2 aromatic carbocycles. The predicted octanol–water partition coefficient (Wildman–Crippen LogP) is 3.91. The number of anilines is 1. The van der Waals surface area contributed by atoms with Crippen molar-refractivity contribution in [3.8, 4) is 11.8 Å². The molecule has 1 atom stereocenters. The lowest BCUT2D eigenvalue weighted by molar-refractivity contribution is -0.384. The fourth-order valence-electron chi connectivity index (χ4n) is 4.26. The highest BCUT2D eigenvalue weighted by Crippen LogP contribution is 2.46. The minimum atomic E-state index is -0.589. The monoisotopic (exact) mass is 416 g/mol. The van der Waals surface area contributed by atoms with Crippen LogP contribution < -0.4 is 15.4 Å². The number of non-ortho nitro benzene ring substituents is 1. The van der Waals surface area contributed by atoms with Crippen molar-refractivity contribution >= 4 is 17.2 Å². The van der Waals surface area contributed by atoms with Crippen molar-refractivity contribution in [1.82, 2.24) is 0 Å². The van der Waals surface area contributed by atoms with Gasteiger partial charge in [-0.2, -0.15) is 5.26 Å². The van der Waals surface area contributed by atoms with Crippen molar-refractivity contribution in [2.24, 2.45) is 5.73 Å². The number of methoxy groups -OCH3 is 1. The average Bonchev–Trinajstić information content (AvgIpc) is 2.78. The third kappa shape index (κ3) is 3.40. The molecule has 0 fully saturated rings. The summed E-state index contributed by atoms with van der Waals surface area (Å²) in [4.78, 5) is 25.5. The van der Waals surface area contributed by atoms with Crippen molar-refractivity contribution in [3.05, 3.63) is 86.9 Å². The molecule has 1 aliphatic heterocycles. The van der Waals surface area contributed by atoms with Gasteiger partial charge in [0.25, 0.3) is 5.69 Å². The van der Waals surface area contributed by atoms with Crippen molar-refractivity contribution in [2.45, 2.75) is 25.2 Å². The highest BCUT2D eigenvalue weighted by atomic mass is 16.6. The summed E-state index contributed by atoms with van der Waals surface area (Å²) in [6, 6.07) is 15.4. The largest absolute Gasteiger partial charge is 0.497 e. The number of benzene rings is 2. The Kier molecular flexibility index (Phi) is 5.17. The molecule has 8 heteroatoms. The second-order valence-electron chi connectivity index (χ2n) is 7.37. The highest BCUT2D eigenvalue weighted by Gasteiger charge is 2.40. The van der Waals surface area contributed by atoms with Crippen LogP contribution in [0.15, 0.2) is 71.2 Å². The number of hydrogen-bond acceptors (Lipinski definition) is 7. The molecule has 0 spiro atoms. The van der Waals surface area contributed by atoms with E-state index in [1.165, 1.54) is 12.1 Å². The van der Waals surface area contributed by atoms with Crippen molar-refractivity contribution in [1.29, 1.82) is 5.26 Å². The van der Waals surface area contributed by atoms with E-state index in [0.29, 0.717) is 42.0 Å². The summed E-state index contributed by atoms with van der Waals surface area (Å²) in [6.45, 7) is 0. The SMILES string of the molecule is COc1ccc([C@@H]2C(C#N)=C(N)N(c3cccc([N+](=O)[O-])c3)C3=C2C(=O)CCC3)cc1. The van der Waals surface area contributed by atoms with Gasteiger partial charge in [0.1, 0.15) is 11.6 Å². The Labute approximate surface area is 179 Å². The molecule has 2 N–H and O–H groups in total. The van der Waals surface area contributed by atoms with E-state index < -0.39 is 10.8 Å². The summed E-state index contributed by atoms with van der Waals surface area (Å²) in [7, 11) is 1.57. The molecule has 156 valence electrons. The first-order valence-electron chi connectivity index (χ1n) is 9.80. The van der Waals surface area contributed by atoms with E-state index in [0.717, 1.165) is 5.56 Å². The minimum Gasteiger partial charge on any atom is -0.497 e. The summed E-state index contributed by atoms with van der Waals surface area (Å²) in [5, 5.41) is 21.3. The molecule has 0 saturated heterocycles. The topological polar surface area (TPSA) is 122 Å². The fraction of sp³-hybridized carbons (Fsp3) is 0.217. The molecule has 2 aromatic rings. The number of rotatable bonds is 4. The standard InChI is InChI=1S/C23H20N4O4/c1-31-17-10-8-14(9-11-17)21-18(13-24)23(25)26(19-6-3-7-20(28)22(19)21)15-4-2-5-16(12-15)27(29)30/h2,4-5,8-12,21H,3,6-7,25H2,1H3/t21-/m1/s1. The van der Waals surface area contributed by atoms with E-state index >= 15 is 0 Å². The van der Waals surface area contributed by atoms with E-state index in [9.17, 15) is 20.2 Å². The van der Waals surface area contributed by atoms with E-state index in [1.807, 2.05) is 12.1 Å². The van der Waals surface area contributed by atoms with Crippen LogP contribution >= 0.6 is 0 Å². The molecular weight excluding hydrogens is 396 g/mol. The molecule has 0 amide bonds. The van der Waals surface area contributed by atoms with Crippen LogP contribution in [0.5, 0.6) is 5.75 Å². The van der Waals surface area contributed by atoms with Crippen LogP contribution in [-0.2, 0) is 4.79 Å². The van der Waals surface area contributed by atoms with Gasteiger partial charge in [-0.05, 0) is 36.6 Å². The van der Waals surface area contributed by atoms with Crippen LogP contribution in [0.4, 0.5) is 11.4 Å². The Morgan fingerprint density at radius 2 is 1.97 bits per heavy atom. The third-order valence-electron chi connectivity index (χ3n) is 5.66. The van der Waals surface area contributed by atoms with Gasteiger partial charge in [0.2, 0.25) is 0 Å². The van der Waals surface area contributed by atoms with Crippen LogP contribution in [0.2, 0.25) is 0 Å². The van der Waals surface area contributed by atoms with Gasteiger partial charge < -0.3 is 10.5 Å². The van der Waals surface area contributed by atoms with Gasteiger partial charge in [-0.3, -0.25) is 19.8 Å². The zero-order valence-corrected chi connectivity index (χ0v) is 16.9. The highest BCUT2D eigenvalue weighted by molar-refractivity contribution is 6.01. The number of Topliss-reactive ketones (excluding diaryl/α,β-unsaturated/α-hetero) is 1. The van der Waals surface area contributed by atoms with Crippen molar-refractivity contribution < 1.29 is 14.5 Å². The molecule has 0 unspecified atom stereocenters. The fourth-order valence-corrected chi connectivity index (χ4v) is 4.26. The zero-order chi connectivity index (χ0) is 22.1. The Morgan fingerprint density at radius 1 is 1.23 bits per heavy atom. The molecule has 2 aliphatic rings. The number of carbonyl (C=O) groups excluding carboxylic acids is 1. The normalized spacial score (nSPS) is 18.5. The van der Waals surface area contributed by atoms with Gasteiger partial charge in [0.05, 0.1) is 35.3 Å². The first kappa shape index (κ1) is 20.2. The Hall–Kier alpha value is -4.12. The second kappa shape index (κ2) is 7.95. The van der Waals surface area contributed by atoms with Gasteiger partial charge >= 0.3 is 0 Å². The number of ether oxygens (including phenoxy) is 1. The lowest BCUT2D eigenvalue weighted by atomic mass is 9.75. The van der Waals surface area contributed by atoms with Crippen LogP contribution in [0.3, 0.4) is 0 Å². The number of ketones is 1. The number of carbonyl (C=O) groups is 1. The summed E-state index contributed by atoms with van der Waals surface area (Å²) in [5.74, 6) is 0.209. The Balaban J connectivity index is 1.93. The number of nitrogens with two attached hydrogens (primary N) is 1. The maximum atomic E-state index is 13.1. The number of hydrogen-bond donors (Lipinski definition) is 1.